The number of carboxylic acid groups (broad SMARTS) is 1. The Morgan fingerprint density at radius 2 is 1.96 bits per heavy atom. The highest BCUT2D eigenvalue weighted by molar-refractivity contribution is 5.66. The van der Waals surface area contributed by atoms with Gasteiger partial charge >= 0.3 is 5.97 Å². The fourth-order valence-corrected chi connectivity index (χ4v) is 4.54. The van der Waals surface area contributed by atoms with E-state index in [9.17, 15) is 9.90 Å². The highest BCUT2D eigenvalue weighted by atomic mass is 16.4. The Balaban J connectivity index is 1.76. The van der Waals surface area contributed by atoms with E-state index in [-0.39, 0.29) is 12.5 Å². The zero-order valence-corrected chi connectivity index (χ0v) is 15.8. The van der Waals surface area contributed by atoms with Crippen LogP contribution < -0.4 is 0 Å². The summed E-state index contributed by atoms with van der Waals surface area (Å²) in [4.78, 5) is 10.5. The molecule has 0 aromatic carbocycles. The van der Waals surface area contributed by atoms with Crippen molar-refractivity contribution in [2.45, 2.75) is 83.7 Å². The van der Waals surface area contributed by atoms with Gasteiger partial charge in [-0.3, -0.25) is 4.79 Å². The molecule has 0 aliphatic heterocycles. The lowest BCUT2D eigenvalue weighted by Crippen LogP contribution is -2.41. The number of carbonyl (C=O) groups is 1. The van der Waals surface area contributed by atoms with Crippen LogP contribution in [0, 0.1) is 23.7 Å². The Morgan fingerprint density at radius 3 is 2.68 bits per heavy atom. The van der Waals surface area contributed by atoms with Crippen LogP contribution in [0.2, 0.25) is 0 Å². The normalized spacial score (nSPS) is 29.8. The summed E-state index contributed by atoms with van der Waals surface area (Å²) in [5.41, 5.74) is 0. The van der Waals surface area contributed by atoms with E-state index in [1.807, 2.05) is 0 Å². The topological polar surface area (TPSA) is 57.5 Å². The molecule has 3 saturated carbocycles. The summed E-state index contributed by atoms with van der Waals surface area (Å²) >= 11 is 0. The van der Waals surface area contributed by atoms with Crippen LogP contribution in [0.15, 0.2) is 24.3 Å². The predicted molar refractivity (Wildman–Crippen MR) is 102 cm³/mol. The molecule has 3 nitrogen and oxygen atoms in total. The molecule has 3 fully saturated rings. The average molecular weight is 349 g/mol. The van der Waals surface area contributed by atoms with E-state index in [1.54, 1.807) is 0 Å². The minimum absolute atomic E-state index is 0.263. The molecule has 0 radical (unpaired) electrons. The monoisotopic (exact) mass is 348 g/mol. The molecule has 2 N–H and O–H groups in total. The Morgan fingerprint density at radius 1 is 1.16 bits per heavy atom. The first-order chi connectivity index (χ1) is 12.1. The van der Waals surface area contributed by atoms with E-state index < -0.39 is 5.97 Å². The molecule has 142 valence electrons. The van der Waals surface area contributed by atoms with Crippen molar-refractivity contribution in [3.05, 3.63) is 24.3 Å². The first-order valence-corrected chi connectivity index (χ1v) is 10.3. The predicted octanol–water partition coefficient (Wildman–Crippen LogP) is 5.35. The number of rotatable bonds is 12. The summed E-state index contributed by atoms with van der Waals surface area (Å²) in [6, 6.07) is 0. The Hall–Kier alpha value is -1.09. The molecule has 3 heteroatoms. The number of hydrogen-bond donors (Lipinski definition) is 2. The SMILES string of the molecule is CCCCCC(O)C=CC1CC2CC(C2)C1CC=CCCCC(=O)O. The van der Waals surface area contributed by atoms with E-state index in [2.05, 4.69) is 31.2 Å². The average Bonchev–Trinajstić information content (AvgIpc) is 2.55. The zero-order valence-electron chi connectivity index (χ0n) is 15.8. The Bertz CT molecular complexity index is 448. The number of unbranched alkanes of at least 4 members (excludes halogenated alkanes) is 3. The van der Waals surface area contributed by atoms with Gasteiger partial charge in [-0.1, -0.05) is 50.5 Å². The van der Waals surface area contributed by atoms with Crippen LogP contribution in [0.25, 0.3) is 0 Å². The Labute approximate surface area is 153 Å². The molecule has 3 rings (SSSR count). The quantitative estimate of drug-likeness (QED) is 0.369. The lowest BCUT2D eigenvalue weighted by atomic mass is 9.55. The van der Waals surface area contributed by atoms with Gasteiger partial charge in [0.25, 0.3) is 0 Å². The first kappa shape index (κ1) is 20.2. The number of aliphatic carboxylic acids is 1. The van der Waals surface area contributed by atoms with Crippen molar-refractivity contribution < 1.29 is 15.0 Å². The molecular formula is C22H36O3. The van der Waals surface area contributed by atoms with Gasteiger partial charge in [0.15, 0.2) is 0 Å². The minimum atomic E-state index is -0.705. The van der Waals surface area contributed by atoms with Crippen molar-refractivity contribution in [1.29, 1.82) is 0 Å². The molecule has 0 aromatic rings. The van der Waals surface area contributed by atoms with Crippen LogP contribution in [0.5, 0.6) is 0 Å². The van der Waals surface area contributed by atoms with E-state index in [0.29, 0.717) is 11.8 Å². The molecule has 2 bridgehead atoms. The van der Waals surface area contributed by atoms with Crippen LogP contribution in [-0.2, 0) is 4.79 Å². The number of allylic oxidation sites excluding steroid dienone is 3. The second-order valence-corrected chi connectivity index (χ2v) is 8.10. The van der Waals surface area contributed by atoms with Gasteiger partial charge in [0, 0.05) is 6.42 Å². The maximum Gasteiger partial charge on any atom is 0.303 e. The largest absolute Gasteiger partial charge is 0.481 e. The highest BCUT2D eigenvalue weighted by Crippen LogP contribution is 2.53. The van der Waals surface area contributed by atoms with Crippen LogP contribution in [-0.4, -0.2) is 22.3 Å². The standard InChI is InChI=1S/C22H36O3/c1-2-3-6-9-20(23)13-12-18-14-17-15-19(16-17)21(18)10-7-4-5-8-11-22(24)25/h4,7,12-13,17-21,23H,2-3,5-6,8-11,14-16H2,1H3,(H,24,25). The second-order valence-electron chi connectivity index (χ2n) is 8.10. The van der Waals surface area contributed by atoms with E-state index in [0.717, 1.165) is 43.9 Å². The third-order valence-corrected chi connectivity index (χ3v) is 6.05. The van der Waals surface area contributed by atoms with Crippen molar-refractivity contribution in [1.82, 2.24) is 0 Å². The van der Waals surface area contributed by atoms with Gasteiger partial charge in [-0.15, -0.1) is 0 Å². The summed E-state index contributed by atoms with van der Waals surface area (Å²) in [5, 5.41) is 18.8. The molecule has 3 aliphatic carbocycles. The van der Waals surface area contributed by atoms with E-state index >= 15 is 0 Å². The van der Waals surface area contributed by atoms with Gasteiger partial charge in [-0.05, 0) is 68.6 Å². The molecule has 0 saturated heterocycles. The van der Waals surface area contributed by atoms with Crippen molar-refractivity contribution in [3.8, 4) is 0 Å². The van der Waals surface area contributed by atoms with Crippen molar-refractivity contribution in [3.63, 3.8) is 0 Å². The van der Waals surface area contributed by atoms with E-state index in [1.165, 1.54) is 32.1 Å². The van der Waals surface area contributed by atoms with Crippen LogP contribution in [0.1, 0.15) is 77.6 Å². The molecule has 3 unspecified atom stereocenters. The molecule has 0 spiro atoms. The van der Waals surface area contributed by atoms with Gasteiger partial charge < -0.3 is 10.2 Å². The molecule has 0 aromatic heterocycles. The lowest BCUT2D eigenvalue weighted by molar-refractivity contribution is -0.137. The molecule has 25 heavy (non-hydrogen) atoms. The molecule has 3 atom stereocenters. The number of aliphatic hydroxyl groups excluding tert-OH is 1. The summed E-state index contributed by atoms with van der Waals surface area (Å²) in [6.07, 6.45) is 19.9. The maximum atomic E-state index is 10.5. The smallest absolute Gasteiger partial charge is 0.303 e. The molecule has 0 heterocycles. The van der Waals surface area contributed by atoms with Gasteiger partial charge in [0.05, 0.1) is 6.10 Å². The van der Waals surface area contributed by atoms with Crippen molar-refractivity contribution in [2.24, 2.45) is 23.7 Å². The third kappa shape index (κ3) is 6.97. The van der Waals surface area contributed by atoms with E-state index in [4.69, 9.17) is 5.11 Å². The fraction of sp³-hybridized carbons (Fsp3) is 0.773. The molecule has 3 aliphatic rings. The molecule has 0 amide bonds. The number of fused-ring (bicyclic) bond motifs is 2. The van der Waals surface area contributed by atoms with Crippen LogP contribution in [0.3, 0.4) is 0 Å². The summed E-state index contributed by atoms with van der Waals surface area (Å²) < 4.78 is 0. The van der Waals surface area contributed by atoms with Crippen LogP contribution >= 0.6 is 0 Å². The number of aliphatic hydroxyl groups is 1. The zero-order chi connectivity index (χ0) is 18.1. The van der Waals surface area contributed by atoms with Gasteiger partial charge in [-0.2, -0.15) is 0 Å². The van der Waals surface area contributed by atoms with Crippen LogP contribution in [0.4, 0.5) is 0 Å². The maximum absolute atomic E-state index is 10.5. The third-order valence-electron chi connectivity index (χ3n) is 6.05. The fourth-order valence-electron chi connectivity index (χ4n) is 4.54. The van der Waals surface area contributed by atoms with Gasteiger partial charge in [0.1, 0.15) is 0 Å². The minimum Gasteiger partial charge on any atom is -0.481 e. The first-order valence-electron chi connectivity index (χ1n) is 10.3. The summed E-state index contributed by atoms with van der Waals surface area (Å²) in [6.45, 7) is 2.19. The second kappa shape index (κ2) is 10.8. The van der Waals surface area contributed by atoms with Gasteiger partial charge in [-0.25, -0.2) is 0 Å². The number of carboxylic acids is 1. The summed E-state index contributed by atoms with van der Waals surface area (Å²) in [7, 11) is 0. The lowest BCUT2D eigenvalue weighted by Gasteiger charge is -2.50. The van der Waals surface area contributed by atoms with Crippen molar-refractivity contribution >= 4 is 5.97 Å². The number of hydrogen-bond acceptors (Lipinski definition) is 2. The molecular weight excluding hydrogens is 312 g/mol. The van der Waals surface area contributed by atoms with Gasteiger partial charge in [0.2, 0.25) is 0 Å². The van der Waals surface area contributed by atoms with Crippen molar-refractivity contribution in [2.75, 3.05) is 0 Å². The summed E-state index contributed by atoms with van der Waals surface area (Å²) in [5.74, 6) is 2.38. The highest BCUT2D eigenvalue weighted by Gasteiger charge is 2.43. The Kier molecular flexibility index (Phi) is 8.74.